The van der Waals surface area contributed by atoms with Gasteiger partial charge in [0.15, 0.2) is 6.29 Å². The highest BCUT2D eigenvalue weighted by Crippen LogP contribution is 2.43. The van der Waals surface area contributed by atoms with E-state index in [-0.39, 0.29) is 6.42 Å². The van der Waals surface area contributed by atoms with Crippen molar-refractivity contribution in [1.29, 1.82) is 0 Å². The molecule has 0 bridgehead atoms. The molecule has 0 spiro atoms. The van der Waals surface area contributed by atoms with Crippen molar-refractivity contribution in [2.24, 2.45) is 5.92 Å². The summed E-state index contributed by atoms with van der Waals surface area (Å²) in [5, 5.41) is 57.8. The predicted octanol–water partition coefficient (Wildman–Crippen LogP) is -3.60. The Labute approximate surface area is 130 Å². The van der Waals surface area contributed by atoms with Crippen molar-refractivity contribution in [2.45, 2.75) is 61.5 Å². The molecule has 10 nitrogen and oxygen atoms in total. The molecular weight excluding hydrogens is 316 g/mol. The predicted molar refractivity (Wildman–Crippen MR) is 69.1 cm³/mol. The van der Waals surface area contributed by atoms with Gasteiger partial charge in [-0.2, -0.15) is 0 Å². The number of epoxide rings is 1. The number of aliphatic carboxylic acids is 1. The molecule has 2 aliphatic heterocycles. The lowest BCUT2D eigenvalue weighted by Crippen LogP contribution is -2.58. The van der Waals surface area contributed by atoms with Gasteiger partial charge in [0.1, 0.15) is 48.6 Å². The van der Waals surface area contributed by atoms with Gasteiger partial charge < -0.3 is 44.8 Å². The summed E-state index contributed by atoms with van der Waals surface area (Å²) >= 11 is 0. The zero-order chi connectivity index (χ0) is 16.9. The van der Waals surface area contributed by atoms with Crippen LogP contribution in [0.4, 0.5) is 0 Å². The van der Waals surface area contributed by atoms with Gasteiger partial charge in [-0.25, -0.2) is 0 Å². The fourth-order valence-electron chi connectivity index (χ4n) is 3.26. The number of aliphatic hydroxyl groups is 5. The number of fused-ring (bicyclic) bond motifs is 1. The number of carboxylic acid groups (broad SMARTS) is 1. The lowest BCUT2D eigenvalue weighted by molar-refractivity contribution is -0.288. The quantitative estimate of drug-likeness (QED) is 0.282. The van der Waals surface area contributed by atoms with Gasteiger partial charge in [-0.05, 0) is 0 Å². The number of hydrogen-bond acceptors (Lipinski definition) is 9. The van der Waals surface area contributed by atoms with Crippen LogP contribution in [0.25, 0.3) is 0 Å². The van der Waals surface area contributed by atoms with E-state index in [2.05, 4.69) is 0 Å². The standard InChI is InChI=1S/C13H20O10/c14-2-4-7(16)3(15)1-5(21-4)22-10-6(13(19)20)11-12(23-11)9(18)8(10)17/h3-12,14-18H,1-2H2,(H,19,20)/t3?,4?,5-,6?,7+,8?,9?,10+,11?,12+/m1/s1. The molecule has 132 valence electrons. The molecule has 0 aromatic carbocycles. The smallest absolute Gasteiger partial charge is 0.312 e. The number of rotatable bonds is 4. The van der Waals surface area contributed by atoms with Crippen LogP contribution in [0.1, 0.15) is 6.42 Å². The summed E-state index contributed by atoms with van der Waals surface area (Å²) in [6.07, 6.45) is -10.5. The number of hydrogen-bond donors (Lipinski definition) is 6. The number of carboxylic acids is 1. The van der Waals surface area contributed by atoms with E-state index >= 15 is 0 Å². The molecule has 3 aliphatic rings. The second kappa shape index (κ2) is 6.22. The monoisotopic (exact) mass is 336 g/mol. The molecule has 0 amide bonds. The molecule has 2 heterocycles. The minimum absolute atomic E-state index is 0.168. The molecule has 3 rings (SSSR count). The second-order valence-electron chi connectivity index (χ2n) is 6.09. The zero-order valence-corrected chi connectivity index (χ0v) is 12.0. The van der Waals surface area contributed by atoms with E-state index in [1.54, 1.807) is 0 Å². The van der Waals surface area contributed by atoms with Crippen molar-refractivity contribution >= 4 is 5.97 Å². The Morgan fingerprint density at radius 2 is 1.74 bits per heavy atom. The topological polar surface area (TPSA) is 169 Å². The third-order valence-electron chi connectivity index (χ3n) is 4.60. The molecule has 3 fully saturated rings. The van der Waals surface area contributed by atoms with E-state index in [0.29, 0.717) is 0 Å². The van der Waals surface area contributed by atoms with Gasteiger partial charge in [0, 0.05) is 6.42 Å². The second-order valence-corrected chi connectivity index (χ2v) is 6.09. The first-order valence-corrected chi connectivity index (χ1v) is 7.37. The maximum Gasteiger partial charge on any atom is 0.312 e. The summed E-state index contributed by atoms with van der Waals surface area (Å²) in [6.45, 7) is -0.565. The van der Waals surface area contributed by atoms with Crippen LogP contribution >= 0.6 is 0 Å². The van der Waals surface area contributed by atoms with Crippen LogP contribution in [0.3, 0.4) is 0 Å². The van der Waals surface area contributed by atoms with E-state index in [1.165, 1.54) is 0 Å². The summed E-state index contributed by atoms with van der Waals surface area (Å²) in [5.74, 6) is -2.44. The largest absolute Gasteiger partial charge is 0.481 e. The first-order chi connectivity index (χ1) is 10.8. The molecule has 0 aromatic heterocycles. The van der Waals surface area contributed by atoms with Crippen molar-refractivity contribution in [3.05, 3.63) is 0 Å². The highest BCUT2D eigenvalue weighted by molar-refractivity contribution is 5.72. The van der Waals surface area contributed by atoms with Crippen LogP contribution in [0, 0.1) is 5.92 Å². The van der Waals surface area contributed by atoms with Gasteiger partial charge in [0.25, 0.3) is 0 Å². The number of aliphatic hydroxyl groups excluding tert-OH is 5. The summed E-state index contributed by atoms with van der Waals surface area (Å²) in [5.41, 5.74) is 0. The van der Waals surface area contributed by atoms with Crippen molar-refractivity contribution in [3.63, 3.8) is 0 Å². The Bertz CT molecular complexity index is 458. The van der Waals surface area contributed by atoms with Crippen molar-refractivity contribution in [3.8, 4) is 0 Å². The van der Waals surface area contributed by atoms with Crippen LogP contribution in [0.5, 0.6) is 0 Å². The Kier molecular flexibility index (Phi) is 4.60. The van der Waals surface area contributed by atoms with E-state index in [4.69, 9.17) is 19.3 Å². The fourth-order valence-corrected chi connectivity index (χ4v) is 3.26. The van der Waals surface area contributed by atoms with E-state index in [9.17, 15) is 30.3 Å². The molecule has 0 radical (unpaired) electrons. The molecule has 1 saturated carbocycles. The van der Waals surface area contributed by atoms with Gasteiger partial charge >= 0.3 is 5.97 Å². The first kappa shape index (κ1) is 17.0. The van der Waals surface area contributed by atoms with E-state index in [1.807, 2.05) is 0 Å². The van der Waals surface area contributed by atoms with Crippen molar-refractivity contribution < 1.29 is 49.6 Å². The van der Waals surface area contributed by atoms with Crippen molar-refractivity contribution in [2.75, 3.05) is 6.61 Å². The van der Waals surface area contributed by atoms with Crippen LogP contribution in [0.2, 0.25) is 0 Å². The lowest BCUT2D eigenvalue weighted by atomic mass is 9.82. The zero-order valence-electron chi connectivity index (χ0n) is 12.0. The average Bonchev–Trinajstić information content (AvgIpc) is 3.27. The molecule has 1 aliphatic carbocycles. The summed E-state index contributed by atoms with van der Waals surface area (Å²) in [4.78, 5) is 11.4. The number of carbonyl (C=O) groups is 1. The minimum Gasteiger partial charge on any atom is -0.481 e. The minimum atomic E-state index is -1.50. The molecular formula is C13H20O10. The Morgan fingerprint density at radius 1 is 1.04 bits per heavy atom. The van der Waals surface area contributed by atoms with Crippen LogP contribution in [-0.4, -0.2) is 98.3 Å². The molecule has 2 saturated heterocycles. The molecule has 0 aromatic rings. The van der Waals surface area contributed by atoms with Gasteiger partial charge in [0.2, 0.25) is 0 Å². The van der Waals surface area contributed by atoms with Crippen molar-refractivity contribution in [1.82, 2.24) is 0 Å². The fraction of sp³-hybridized carbons (Fsp3) is 0.923. The summed E-state index contributed by atoms with van der Waals surface area (Å²) in [7, 11) is 0. The lowest BCUT2D eigenvalue weighted by Gasteiger charge is -2.40. The Hall–Kier alpha value is -0.850. The first-order valence-electron chi connectivity index (χ1n) is 7.37. The highest BCUT2D eigenvalue weighted by Gasteiger charge is 2.63. The van der Waals surface area contributed by atoms with Gasteiger partial charge in [0.05, 0.1) is 12.7 Å². The molecule has 23 heavy (non-hydrogen) atoms. The van der Waals surface area contributed by atoms with Gasteiger partial charge in [-0.3, -0.25) is 4.79 Å². The van der Waals surface area contributed by atoms with Crippen LogP contribution < -0.4 is 0 Å². The third kappa shape index (κ3) is 2.96. The molecule has 10 atom stereocenters. The normalized spacial score (nSPS) is 52.7. The average molecular weight is 336 g/mol. The Balaban J connectivity index is 1.73. The van der Waals surface area contributed by atoms with Crippen LogP contribution in [-0.2, 0) is 19.0 Å². The van der Waals surface area contributed by atoms with Gasteiger partial charge in [-0.15, -0.1) is 0 Å². The summed E-state index contributed by atoms with van der Waals surface area (Å²) < 4.78 is 15.8. The maximum absolute atomic E-state index is 11.4. The molecule has 6 unspecified atom stereocenters. The van der Waals surface area contributed by atoms with E-state index < -0.39 is 73.6 Å². The SMILES string of the molecule is O=C(O)C1C2O[C@H]2C(O)C(O)[C@H]1O[C@@H]1CC(O)[C@H](O)C(CO)O1. The summed E-state index contributed by atoms with van der Waals surface area (Å²) in [6, 6.07) is 0. The van der Waals surface area contributed by atoms with Gasteiger partial charge in [-0.1, -0.05) is 0 Å². The maximum atomic E-state index is 11.4. The highest BCUT2D eigenvalue weighted by atomic mass is 16.7. The third-order valence-corrected chi connectivity index (χ3v) is 4.60. The Morgan fingerprint density at radius 3 is 2.35 bits per heavy atom. The molecule has 6 N–H and O–H groups in total. The van der Waals surface area contributed by atoms with Crippen LogP contribution in [0.15, 0.2) is 0 Å². The molecule has 10 heteroatoms. The van der Waals surface area contributed by atoms with E-state index in [0.717, 1.165) is 0 Å². The number of ether oxygens (including phenoxy) is 3.